The van der Waals surface area contributed by atoms with Crippen LogP contribution in [-0.2, 0) is 28.6 Å². The Morgan fingerprint density at radius 1 is 0.815 bits per heavy atom. The molecular formula is C18H21BrO6S2. The van der Waals surface area contributed by atoms with Gasteiger partial charge in [0, 0.05) is 16.3 Å². The molecule has 0 unspecified atom stereocenters. The average Bonchev–Trinajstić information content (AvgIpc) is 2.58. The summed E-state index contributed by atoms with van der Waals surface area (Å²) in [6.45, 7) is -0.426. The number of hydrogen-bond acceptors (Lipinski definition) is 6. The van der Waals surface area contributed by atoms with Crippen LogP contribution in [0.3, 0.4) is 0 Å². The van der Waals surface area contributed by atoms with Crippen molar-refractivity contribution in [1.82, 2.24) is 0 Å². The molecule has 0 aliphatic carbocycles. The largest absolute Gasteiger partial charge is 0.270 e. The summed E-state index contributed by atoms with van der Waals surface area (Å²) >= 11 is 3.53. The summed E-state index contributed by atoms with van der Waals surface area (Å²) in [5.41, 5.74) is 1.77. The molecule has 2 aromatic carbocycles. The van der Waals surface area contributed by atoms with Crippen LogP contribution in [0.5, 0.6) is 0 Å². The zero-order chi connectivity index (χ0) is 20.1. The predicted molar refractivity (Wildman–Crippen MR) is 108 cm³/mol. The first-order chi connectivity index (χ1) is 12.6. The molecule has 0 fully saturated rings. The van der Waals surface area contributed by atoms with Gasteiger partial charge in [0.1, 0.15) is 0 Å². The fourth-order valence-electron chi connectivity index (χ4n) is 2.76. The van der Waals surface area contributed by atoms with Gasteiger partial charge in [-0.25, -0.2) is 0 Å². The van der Waals surface area contributed by atoms with Gasteiger partial charge in [-0.15, -0.1) is 0 Å². The topological polar surface area (TPSA) is 86.7 Å². The summed E-state index contributed by atoms with van der Waals surface area (Å²) in [5, 5.41) is 0. The van der Waals surface area contributed by atoms with E-state index in [9.17, 15) is 16.8 Å². The van der Waals surface area contributed by atoms with Crippen LogP contribution in [0.15, 0.2) is 59.1 Å². The lowest BCUT2D eigenvalue weighted by Gasteiger charge is -2.28. The van der Waals surface area contributed by atoms with Gasteiger partial charge in [0.15, 0.2) is 0 Å². The summed E-state index contributed by atoms with van der Waals surface area (Å²) < 4.78 is 56.9. The summed E-state index contributed by atoms with van der Waals surface area (Å²) in [6.07, 6.45) is 1.91. The van der Waals surface area contributed by atoms with Gasteiger partial charge in [-0.3, -0.25) is 8.37 Å². The minimum Gasteiger partial charge on any atom is -0.270 e. The minimum atomic E-state index is -3.70. The van der Waals surface area contributed by atoms with Gasteiger partial charge in [0.05, 0.1) is 25.7 Å². The van der Waals surface area contributed by atoms with Crippen molar-refractivity contribution in [2.45, 2.75) is 5.92 Å². The molecular weight excluding hydrogens is 456 g/mol. The second-order valence-electron chi connectivity index (χ2n) is 6.15. The highest BCUT2D eigenvalue weighted by Crippen LogP contribution is 2.37. The van der Waals surface area contributed by atoms with Gasteiger partial charge in [-0.05, 0) is 17.2 Å². The Hall–Kier alpha value is -1.26. The number of halogens is 1. The molecule has 0 amide bonds. The number of benzene rings is 2. The first kappa shape index (κ1) is 22.0. The maximum absolute atomic E-state index is 11.5. The Bertz CT molecular complexity index is 922. The highest BCUT2D eigenvalue weighted by atomic mass is 79.9. The minimum absolute atomic E-state index is 0.213. The second-order valence-corrected chi connectivity index (χ2v) is 10.3. The normalized spacial score (nSPS) is 13.6. The predicted octanol–water partition coefficient (Wildman–Crippen LogP) is 3.15. The van der Waals surface area contributed by atoms with E-state index in [1.807, 2.05) is 54.6 Å². The first-order valence-electron chi connectivity index (χ1n) is 8.05. The van der Waals surface area contributed by atoms with Gasteiger partial charge in [0.2, 0.25) is 0 Å². The smallest absolute Gasteiger partial charge is 0.264 e. The van der Waals surface area contributed by atoms with Crippen LogP contribution in [0.4, 0.5) is 0 Å². The molecule has 0 saturated heterocycles. The van der Waals surface area contributed by atoms with Crippen molar-refractivity contribution in [2.24, 2.45) is 5.92 Å². The third kappa shape index (κ3) is 7.34. The highest BCUT2D eigenvalue weighted by molar-refractivity contribution is 9.10. The lowest BCUT2D eigenvalue weighted by Crippen LogP contribution is -2.27. The third-order valence-electron chi connectivity index (χ3n) is 3.86. The molecule has 0 aromatic heterocycles. The highest BCUT2D eigenvalue weighted by Gasteiger charge is 2.29. The molecule has 2 aromatic rings. The Morgan fingerprint density at radius 3 is 1.78 bits per heavy atom. The average molecular weight is 477 g/mol. The van der Waals surface area contributed by atoms with E-state index in [2.05, 4.69) is 15.9 Å². The van der Waals surface area contributed by atoms with E-state index in [0.717, 1.165) is 28.1 Å². The quantitative estimate of drug-likeness (QED) is 0.516. The van der Waals surface area contributed by atoms with E-state index >= 15 is 0 Å². The SMILES string of the molecule is CS(=O)(=O)OCC(COS(C)(=O)=O)[C@H](c1ccccc1)c1ccccc1Br. The zero-order valence-corrected chi connectivity index (χ0v) is 18.1. The van der Waals surface area contributed by atoms with Gasteiger partial charge < -0.3 is 0 Å². The molecule has 0 saturated carbocycles. The maximum atomic E-state index is 11.5. The Kier molecular flexibility index (Phi) is 7.58. The van der Waals surface area contributed by atoms with Crippen molar-refractivity contribution >= 4 is 36.2 Å². The van der Waals surface area contributed by atoms with Crippen LogP contribution in [0.25, 0.3) is 0 Å². The maximum Gasteiger partial charge on any atom is 0.264 e. The molecule has 0 aliphatic heterocycles. The lowest BCUT2D eigenvalue weighted by atomic mass is 9.81. The summed E-state index contributed by atoms with van der Waals surface area (Å²) in [4.78, 5) is 0. The fourth-order valence-corrected chi connectivity index (χ4v) is 4.13. The van der Waals surface area contributed by atoms with Crippen molar-refractivity contribution in [1.29, 1.82) is 0 Å². The summed E-state index contributed by atoms with van der Waals surface area (Å²) in [6, 6.07) is 16.9. The Morgan fingerprint density at radius 2 is 1.30 bits per heavy atom. The van der Waals surface area contributed by atoms with Crippen molar-refractivity contribution in [3.05, 3.63) is 70.2 Å². The molecule has 6 nitrogen and oxygen atoms in total. The summed E-state index contributed by atoms with van der Waals surface area (Å²) in [7, 11) is -7.40. The standard InChI is InChI=1S/C18H21BrO6S2/c1-26(20,21)24-12-15(13-25-27(2,22)23)18(14-8-4-3-5-9-14)16-10-6-7-11-17(16)19/h3-11,15,18H,12-13H2,1-2H3/t18-/m0/s1. The van der Waals surface area contributed by atoms with E-state index in [1.54, 1.807) is 0 Å². The first-order valence-corrected chi connectivity index (χ1v) is 12.5. The van der Waals surface area contributed by atoms with Crippen LogP contribution < -0.4 is 0 Å². The molecule has 0 N–H and O–H groups in total. The Balaban J connectivity index is 2.49. The van der Waals surface area contributed by atoms with E-state index < -0.39 is 26.2 Å². The lowest BCUT2D eigenvalue weighted by molar-refractivity contribution is 0.173. The van der Waals surface area contributed by atoms with Crippen LogP contribution >= 0.6 is 15.9 Å². The fraction of sp³-hybridized carbons (Fsp3) is 0.333. The van der Waals surface area contributed by atoms with E-state index in [1.165, 1.54) is 0 Å². The van der Waals surface area contributed by atoms with Crippen molar-refractivity contribution in [3.63, 3.8) is 0 Å². The zero-order valence-electron chi connectivity index (χ0n) is 14.9. The molecule has 0 radical (unpaired) electrons. The van der Waals surface area contributed by atoms with Gasteiger partial charge in [-0.1, -0.05) is 64.5 Å². The Labute approximate surface area is 168 Å². The van der Waals surface area contributed by atoms with Gasteiger partial charge in [-0.2, -0.15) is 16.8 Å². The van der Waals surface area contributed by atoms with Gasteiger partial charge in [0.25, 0.3) is 20.2 Å². The summed E-state index contributed by atoms with van der Waals surface area (Å²) in [5.74, 6) is -0.902. The second kappa shape index (κ2) is 9.29. The van der Waals surface area contributed by atoms with E-state index in [4.69, 9.17) is 8.37 Å². The molecule has 9 heteroatoms. The van der Waals surface area contributed by atoms with Crippen molar-refractivity contribution in [2.75, 3.05) is 25.7 Å². The monoisotopic (exact) mass is 476 g/mol. The van der Waals surface area contributed by atoms with Crippen LogP contribution in [-0.4, -0.2) is 42.6 Å². The van der Waals surface area contributed by atoms with E-state index in [-0.39, 0.29) is 19.1 Å². The molecule has 27 heavy (non-hydrogen) atoms. The molecule has 0 heterocycles. The van der Waals surface area contributed by atoms with Crippen molar-refractivity contribution < 1.29 is 25.2 Å². The molecule has 1 atom stereocenters. The molecule has 0 aliphatic rings. The number of rotatable bonds is 9. The van der Waals surface area contributed by atoms with Crippen LogP contribution in [0.1, 0.15) is 17.0 Å². The van der Waals surface area contributed by atoms with Gasteiger partial charge >= 0.3 is 0 Å². The number of hydrogen-bond donors (Lipinski definition) is 0. The van der Waals surface area contributed by atoms with E-state index in [0.29, 0.717) is 0 Å². The van der Waals surface area contributed by atoms with Crippen LogP contribution in [0.2, 0.25) is 0 Å². The molecule has 148 valence electrons. The van der Waals surface area contributed by atoms with Crippen molar-refractivity contribution in [3.8, 4) is 0 Å². The molecule has 0 spiro atoms. The van der Waals surface area contributed by atoms with Crippen LogP contribution in [0, 0.1) is 5.92 Å². The molecule has 2 rings (SSSR count). The third-order valence-corrected chi connectivity index (χ3v) is 5.71. The molecule has 0 bridgehead atoms.